The normalized spacial score (nSPS) is 23.1. The standard InChI is InChI=1S/C20H24N2O7/c23-19(21-7-3-5-13-4-1-2-6-15(13)21)12-29-20(24)14-10-17-18(28-9-8-27-17)11-16(14)22(25)26/h10-11,13,15H,1-9,12H2/t13-,15-/m1/s1. The third-order valence-corrected chi connectivity index (χ3v) is 5.97. The fourth-order valence-electron chi connectivity index (χ4n) is 4.61. The number of benzene rings is 1. The average Bonchev–Trinajstić information content (AvgIpc) is 2.75. The molecule has 0 N–H and O–H groups in total. The Hall–Kier alpha value is -2.84. The number of nitro groups is 1. The highest BCUT2D eigenvalue weighted by molar-refractivity contribution is 5.96. The lowest BCUT2D eigenvalue weighted by molar-refractivity contribution is -0.385. The molecule has 3 aliphatic rings. The summed E-state index contributed by atoms with van der Waals surface area (Å²) in [6.07, 6.45) is 6.52. The van der Waals surface area contributed by atoms with Gasteiger partial charge in [-0.2, -0.15) is 0 Å². The molecule has 9 nitrogen and oxygen atoms in total. The molecule has 29 heavy (non-hydrogen) atoms. The predicted molar refractivity (Wildman–Crippen MR) is 101 cm³/mol. The van der Waals surface area contributed by atoms with Crippen molar-refractivity contribution < 1.29 is 28.7 Å². The molecular formula is C20H24N2O7. The first-order valence-electron chi connectivity index (χ1n) is 10.1. The third kappa shape index (κ3) is 3.99. The molecule has 2 fully saturated rings. The molecular weight excluding hydrogens is 380 g/mol. The summed E-state index contributed by atoms with van der Waals surface area (Å²) in [5.74, 6) is -0.168. The van der Waals surface area contributed by atoms with Crippen LogP contribution in [0.4, 0.5) is 5.69 Å². The maximum atomic E-state index is 12.7. The van der Waals surface area contributed by atoms with Gasteiger partial charge in [-0.1, -0.05) is 12.8 Å². The summed E-state index contributed by atoms with van der Waals surface area (Å²) in [6, 6.07) is 2.62. The van der Waals surface area contributed by atoms with Gasteiger partial charge in [0.05, 0.1) is 11.0 Å². The molecule has 1 aromatic carbocycles. The van der Waals surface area contributed by atoms with Crippen molar-refractivity contribution in [3.05, 3.63) is 27.8 Å². The van der Waals surface area contributed by atoms with Crippen LogP contribution in [0.3, 0.4) is 0 Å². The zero-order chi connectivity index (χ0) is 20.4. The predicted octanol–water partition coefficient (Wildman–Crippen LogP) is 2.70. The summed E-state index contributed by atoms with van der Waals surface area (Å²) < 4.78 is 15.9. The summed E-state index contributed by atoms with van der Waals surface area (Å²) >= 11 is 0. The van der Waals surface area contributed by atoms with E-state index in [2.05, 4.69) is 0 Å². The number of likely N-dealkylation sites (tertiary alicyclic amines) is 1. The number of nitro benzene ring substituents is 1. The van der Waals surface area contributed by atoms with E-state index in [-0.39, 0.29) is 42.2 Å². The van der Waals surface area contributed by atoms with Gasteiger partial charge in [-0.15, -0.1) is 0 Å². The molecule has 1 aliphatic carbocycles. The van der Waals surface area contributed by atoms with Crippen molar-refractivity contribution in [2.75, 3.05) is 26.4 Å². The van der Waals surface area contributed by atoms with Crippen molar-refractivity contribution in [3.63, 3.8) is 0 Å². The van der Waals surface area contributed by atoms with Crippen molar-refractivity contribution in [1.29, 1.82) is 0 Å². The molecule has 0 aromatic heterocycles. The van der Waals surface area contributed by atoms with E-state index in [0.717, 1.165) is 38.2 Å². The van der Waals surface area contributed by atoms with E-state index in [1.54, 1.807) is 0 Å². The number of fused-ring (bicyclic) bond motifs is 2. The van der Waals surface area contributed by atoms with Gasteiger partial charge < -0.3 is 19.1 Å². The molecule has 9 heteroatoms. The van der Waals surface area contributed by atoms with Gasteiger partial charge in [-0.25, -0.2) is 4.79 Å². The van der Waals surface area contributed by atoms with Crippen LogP contribution < -0.4 is 9.47 Å². The second-order valence-corrected chi connectivity index (χ2v) is 7.69. The van der Waals surface area contributed by atoms with Crippen LogP contribution in [0.15, 0.2) is 12.1 Å². The van der Waals surface area contributed by atoms with E-state index in [4.69, 9.17) is 14.2 Å². The molecule has 2 heterocycles. The highest BCUT2D eigenvalue weighted by Gasteiger charge is 2.36. The van der Waals surface area contributed by atoms with Gasteiger partial charge in [0, 0.05) is 18.7 Å². The minimum Gasteiger partial charge on any atom is -0.486 e. The van der Waals surface area contributed by atoms with Gasteiger partial charge in [-0.3, -0.25) is 14.9 Å². The lowest BCUT2D eigenvalue weighted by Gasteiger charge is -2.44. The zero-order valence-corrected chi connectivity index (χ0v) is 16.1. The van der Waals surface area contributed by atoms with Crippen molar-refractivity contribution in [2.24, 2.45) is 5.92 Å². The van der Waals surface area contributed by atoms with Crippen LogP contribution in [-0.4, -0.2) is 54.1 Å². The number of esters is 1. The van der Waals surface area contributed by atoms with E-state index < -0.39 is 23.2 Å². The SMILES string of the molecule is O=C(OCC(=O)N1CCC[C@H]2CCCC[C@H]21)c1cc2c(cc1[N+](=O)[O-])OCCO2. The highest BCUT2D eigenvalue weighted by Crippen LogP contribution is 2.37. The van der Waals surface area contributed by atoms with Crippen LogP contribution in [0, 0.1) is 16.0 Å². The van der Waals surface area contributed by atoms with Crippen LogP contribution in [0.25, 0.3) is 0 Å². The third-order valence-electron chi connectivity index (χ3n) is 5.97. The first-order chi connectivity index (χ1) is 14.0. The summed E-state index contributed by atoms with van der Waals surface area (Å²) in [6.45, 7) is 0.811. The smallest absolute Gasteiger partial charge is 0.345 e. The highest BCUT2D eigenvalue weighted by atomic mass is 16.6. The summed E-state index contributed by atoms with van der Waals surface area (Å²) in [7, 11) is 0. The maximum absolute atomic E-state index is 12.7. The van der Waals surface area contributed by atoms with E-state index in [1.807, 2.05) is 4.90 Å². The van der Waals surface area contributed by atoms with E-state index >= 15 is 0 Å². The van der Waals surface area contributed by atoms with Crippen molar-refractivity contribution in [3.8, 4) is 11.5 Å². The number of rotatable bonds is 4. The fourth-order valence-corrected chi connectivity index (χ4v) is 4.61. The second kappa shape index (κ2) is 8.26. The monoisotopic (exact) mass is 404 g/mol. The van der Waals surface area contributed by atoms with Crippen LogP contribution in [0.2, 0.25) is 0 Å². The molecule has 2 aliphatic heterocycles. The van der Waals surface area contributed by atoms with E-state index in [1.165, 1.54) is 12.5 Å². The molecule has 0 bridgehead atoms. The van der Waals surface area contributed by atoms with E-state index in [9.17, 15) is 19.7 Å². The molecule has 4 rings (SSSR count). The zero-order valence-electron chi connectivity index (χ0n) is 16.1. The Kier molecular flexibility index (Phi) is 5.55. The van der Waals surface area contributed by atoms with Crippen LogP contribution in [0.1, 0.15) is 48.9 Å². The lowest BCUT2D eigenvalue weighted by Crippen LogP contribution is -2.50. The largest absolute Gasteiger partial charge is 0.486 e. The summed E-state index contributed by atoms with van der Waals surface area (Å²) in [5.41, 5.74) is -0.682. The number of ether oxygens (including phenoxy) is 3. The van der Waals surface area contributed by atoms with Crippen LogP contribution in [0.5, 0.6) is 11.5 Å². The number of nitrogens with zero attached hydrogens (tertiary/aromatic N) is 2. The number of carbonyl (C=O) groups is 2. The first-order valence-corrected chi connectivity index (χ1v) is 10.1. The minimum absolute atomic E-state index is 0.215. The molecule has 1 amide bonds. The number of carbonyl (C=O) groups excluding carboxylic acids is 2. The maximum Gasteiger partial charge on any atom is 0.345 e. The quantitative estimate of drug-likeness (QED) is 0.431. The Balaban J connectivity index is 1.45. The van der Waals surface area contributed by atoms with Crippen molar-refractivity contribution in [2.45, 2.75) is 44.6 Å². The first kappa shape index (κ1) is 19.5. The van der Waals surface area contributed by atoms with Crippen molar-refractivity contribution >= 4 is 17.6 Å². The Labute approximate surface area is 168 Å². The van der Waals surface area contributed by atoms with Gasteiger partial charge in [-0.05, 0) is 31.6 Å². The van der Waals surface area contributed by atoms with Gasteiger partial charge in [0.2, 0.25) is 0 Å². The van der Waals surface area contributed by atoms with Crippen LogP contribution in [-0.2, 0) is 9.53 Å². The Morgan fingerprint density at radius 2 is 1.79 bits per heavy atom. The minimum atomic E-state index is -0.917. The molecule has 1 saturated carbocycles. The van der Waals surface area contributed by atoms with Gasteiger partial charge in [0.15, 0.2) is 18.1 Å². The fraction of sp³-hybridized carbons (Fsp3) is 0.600. The Bertz CT molecular complexity index is 823. The van der Waals surface area contributed by atoms with Crippen LogP contribution >= 0.6 is 0 Å². The van der Waals surface area contributed by atoms with Gasteiger partial charge in [0.1, 0.15) is 18.8 Å². The molecule has 0 radical (unpaired) electrons. The molecule has 1 saturated heterocycles. The summed E-state index contributed by atoms with van der Waals surface area (Å²) in [4.78, 5) is 37.8. The topological polar surface area (TPSA) is 108 Å². The summed E-state index contributed by atoms with van der Waals surface area (Å²) in [5, 5.41) is 11.4. The molecule has 2 atom stereocenters. The molecule has 156 valence electrons. The van der Waals surface area contributed by atoms with Gasteiger partial charge in [0.25, 0.3) is 11.6 Å². The number of hydrogen-bond donors (Lipinski definition) is 0. The van der Waals surface area contributed by atoms with Crippen molar-refractivity contribution in [1.82, 2.24) is 4.90 Å². The molecule has 0 spiro atoms. The number of hydrogen-bond acceptors (Lipinski definition) is 7. The lowest BCUT2D eigenvalue weighted by atomic mass is 9.78. The molecule has 1 aromatic rings. The Morgan fingerprint density at radius 1 is 1.10 bits per heavy atom. The Morgan fingerprint density at radius 3 is 2.55 bits per heavy atom. The molecule has 0 unspecified atom stereocenters. The second-order valence-electron chi connectivity index (χ2n) is 7.69. The number of piperidine rings is 1. The number of amides is 1. The average molecular weight is 404 g/mol. The van der Waals surface area contributed by atoms with Gasteiger partial charge >= 0.3 is 5.97 Å². The van der Waals surface area contributed by atoms with E-state index in [0.29, 0.717) is 12.5 Å².